The number of alkyl halides is 3. The van der Waals surface area contributed by atoms with Gasteiger partial charge in [0, 0.05) is 17.7 Å². The number of ether oxygens (including phenoxy) is 1. The van der Waals surface area contributed by atoms with Crippen LogP contribution in [0.1, 0.15) is 87.1 Å². The van der Waals surface area contributed by atoms with Gasteiger partial charge in [-0.3, -0.25) is 4.79 Å². The number of nitrogens with one attached hydrogen (secondary N) is 2. The van der Waals surface area contributed by atoms with Crippen LogP contribution in [0, 0.1) is 0 Å². The van der Waals surface area contributed by atoms with Crippen LogP contribution in [0.2, 0.25) is 0 Å². The fourth-order valence-electron chi connectivity index (χ4n) is 4.19. The second-order valence-electron chi connectivity index (χ2n) is 9.49. The van der Waals surface area contributed by atoms with Gasteiger partial charge in [-0.05, 0) is 52.2 Å². The lowest BCUT2D eigenvalue weighted by Crippen LogP contribution is -2.32. The second kappa shape index (κ2) is 17.0. The van der Waals surface area contributed by atoms with Crippen molar-refractivity contribution in [3.8, 4) is 16.9 Å². The van der Waals surface area contributed by atoms with Gasteiger partial charge in [0.1, 0.15) is 12.4 Å². The SMILES string of the molecule is CCCCCCCCCCCCNC(=O)c1cc(Br)c(OCCNC(N)=O)c(-c2cccc(C(F)(F)F)c2)c1. The highest BCUT2D eigenvalue weighted by atomic mass is 79.9. The molecule has 0 saturated heterocycles. The van der Waals surface area contributed by atoms with E-state index in [9.17, 15) is 22.8 Å². The number of benzene rings is 2. The molecule has 39 heavy (non-hydrogen) atoms. The minimum atomic E-state index is -4.52. The first-order valence-electron chi connectivity index (χ1n) is 13.6. The molecule has 0 aromatic heterocycles. The maximum atomic E-state index is 13.4. The molecule has 0 saturated carbocycles. The molecule has 2 aromatic carbocycles. The minimum absolute atomic E-state index is 0.0256. The number of primary amides is 1. The Balaban J connectivity index is 2.04. The largest absolute Gasteiger partial charge is 0.490 e. The van der Waals surface area contributed by atoms with E-state index in [4.69, 9.17) is 10.5 Å². The Hall–Kier alpha value is -2.75. The lowest BCUT2D eigenvalue weighted by molar-refractivity contribution is -0.137. The van der Waals surface area contributed by atoms with Crippen molar-refractivity contribution in [3.05, 3.63) is 52.0 Å². The minimum Gasteiger partial charge on any atom is -0.490 e. The average molecular weight is 615 g/mol. The quantitative estimate of drug-likeness (QED) is 0.159. The van der Waals surface area contributed by atoms with Crippen molar-refractivity contribution in [1.29, 1.82) is 0 Å². The Labute approximate surface area is 237 Å². The maximum absolute atomic E-state index is 13.4. The normalized spacial score (nSPS) is 11.3. The van der Waals surface area contributed by atoms with E-state index in [2.05, 4.69) is 33.5 Å². The Morgan fingerprint density at radius 3 is 2.15 bits per heavy atom. The number of nitrogens with two attached hydrogens (primary N) is 1. The molecule has 0 aliphatic heterocycles. The van der Waals surface area contributed by atoms with Gasteiger partial charge in [-0.15, -0.1) is 0 Å². The van der Waals surface area contributed by atoms with Gasteiger partial charge in [0.05, 0.1) is 16.6 Å². The van der Waals surface area contributed by atoms with Gasteiger partial charge in [-0.25, -0.2) is 4.79 Å². The number of unbranched alkanes of at least 4 members (excludes halogenated alkanes) is 9. The van der Waals surface area contributed by atoms with Crippen LogP contribution >= 0.6 is 15.9 Å². The predicted octanol–water partition coefficient (Wildman–Crippen LogP) is 7.83. The Kier molecular flexibility index (Phi) is 14.2. The summed E-state index contributed by atoms with van der Waals surface area (Å²) in [4.78, 5) is 23.8. The van der Waals surface area contributed by atoms with Crippen molar-refractivity contribution in [2.24, 2.45) is 5.73 Å². The van der Waals surface area contributed by atoms with Gasteiger partial charge in [0.15, 0.2) is 0 Å². The van der Waals surface area contributed by atoms with Gasteiger partial charge < -0.3 is 21.1 Å². The van der Waals surface area contributed by atoms with Crippen LogP contribution in [0.4, 0.5) is 18.0 Å². The van der Waals surface area contributed by atoms with E-state index >= 15 is 0 Å². The molecule has 216 valence electrons. The summed E-state index contributed by atoms with van der Waals surface area (Å²) in [5.41, 5.74) is 5.11. The summed E-state index contributed by atoms with van der Waals surface area (Å²) in [6.45, 7) is 2.86. The third-order valence-electron chi connectivity index (χ3n) is 6.27. The van der Waals surface area contributed by atoms with Crippen molar-refractivity contribution >= 4 is 27.9 Å². The predicted molar refractivity (Wildman–Crippen MR) is 152 cm³/mol. The monoisotopic (exact) mass is 613 g/mol. The van der Waals surface area contributed by atoms with E-state index in [1.54, 1.807) is 6.07 Å². The Morgan fingerprint density at radius 2 is 1.54 bits per heavy atom. The summed E-state index contributed by atoms with van der Waals surface area (Å²) in [6.07, 6.45) is 7.39. The van der Waals surface area contributed by atoms with E-state index < -0.39 is 17.8 Å². The summed E-state index contributed by atoms with van der Waals surface area (Å²) < 4.78 is 46.3. The summed E-state index contributed by atoms with van der Waals surface area (Å²) >= 11 is 3.40. The molecular weight excluding hydrogens is 575 g/mol. The molecule has 3 amide bonds. The second-order valence-corrected chi connectivity index (χ2v) is 10.3. The summed E-state index contributed by atoms with van der Waals surface area (Å²) in [6, 6.07) is 7.21. The third kappa shape index (κ3) is 11.9. The van der Waals surface area contributed by atoms with Crippen LogP contribution < -0.4 is 21.1 Å². The molecule has 0 bridgehead atoms. The molecule has 6 nitrogen and oxygen atoms in total. The van der Waals surface area contributed by atoms with E-state index in [1.165, 1.54) is 63.1 Å². The molecular formula is C29H39BrF3N3O3. The maximum Gasteiger partial charge on any atom is 0.416 e. The Morgan fingerprint density at radius 1 is 0.897 bits per heavy atom. The number of hydrogen-bond acceptors (Lipinski definition) is 3. The van der Waals surface area contributed by atoms with E-state index in [0.717, 1.165) is 31.4 Å². The zero-order chi connectivity index (χ0) is 28.7. The zero-order valence-electron chi connectivity index (χ0n) is 22.5. The topological polar surface area (TPSA) is 93.4 Å². The first kappa shape index (κ1) is 32.5. The van der Waals surface area contributed by atoms with Gasteiger partial charge in [0.25, 0.3) is 5.91 Å². The smallest absolute Gasteiger partial charge is 0.416 e. The van der Waals surface area contributed by atoms with E-state index in [0.29, 0.717) is 22.1 Å². The molecule has 0 unspecified atom stereocenters. The molecule has 0 aliphatic carbocycles. The molecule has 0 fully saturated rings. The number of carbonyl (C=O) groups excluding carboxylic acids is 2. The number of halogens is 4. The summed E-state index contributed by atoms with van der Waals surface area (Å²) in [5, 5.41) is 5.30. The first-order chi connectivity index (χ1) is 18.6. The molecule has 4 N–H and O–H groups in total. The zero-order valence-corrected chi connectivity index (χ0v) is 24.1. The molecule has 0 spiro atoms. The van der Waals surface area contributed by atoms with Crippen LogP contribution in [0.3, 0.4) is 0 Å². The number of hydrogen-bond donors (Lipinski definition) is 3. The van der Waals surface area contributed by atoms with Crippen molar-refractivity contribution in [3.63, 3.8) is 0 Å². The standard InChI is InChI=1S/C29H39BrF3N3O3/c1-2-3-4-5-6-7-8-9-10-11-15-35-27(37)22-19-24(21-13-12-14-23(18-21)29(31,32)33)26(25(30)20-22)39-17-16-36-28(34)38/h12-14,18-20H,2-11,15-17H2,1H3,(H,35,37)(H3,34,36,38). The van der Waals surface area contributed by atoms with Crippen LogP contribution in [0.5, 0.6) is 5.75 Å². The van der Waals surface area contributed by atoms with Crippen molar-refractivity contribution in [2.45, 2.75) is 77.3 Å². The average Bonchev–Trinajstić information content (AvgIpc) is 2.89. The highest BCUT2D eigenvalue weighted by molar-refractivity contribution is 9.10. The first-order valence-corrected chi connectivity index (χ1v) is 14.4. The highest BCUT2D eigenvalue weighted by Crippen LogP contribution is 2.40. The van der Waals surface area contributed by atoms with Gasteiger partial charge in [0.2, 0.25) is 0 Å². The Bertz CT molecular complexity index is 1060. The van der Waals surface area contributed by atoms with Crippen molar-refractivity contribution in [2.75, 3.05) is 19.7 Å². The molecule has 0 heterocycles. The van der Waals surface area contributed by atoms with Crippen molar-refractivity contribution in [1.82, 2.24) is 10.6 Å². The fraction of sp³-hybridized carbons (Fsp3) is 0.517. The molecule has 0 radical (unpaired) electrons. The molecule has 0 atom stereocenters. The van der Waals surface area contributed by atoms with Gasteiger partial charge >= 0.3 is 12.2 Å². The molecule has 10 heteroatoms. The number of urea groups is 1. The third-order valence-corrected chi connectivity index (χ3v) is 6.86. The fourth-order valence-corrected chi connectivity index (χ4v) is 4.77. The molecule has 2 rings (SSSR count). The van der Waals surface area contributed by atoms with Gasteiger partial charge in [-0.2, -0.15) is 13.2 Å². The highest BCUT2D eigenvalue weighted by Gasteiger charge is 2.31. The lowest BCUT2D eigenvalue weighted by atomic mass is 9.99. The summed E-state index contributed by atoms with van der Waals surface area (Å²) in [7, 11) is 0. The molecule has 2 aromatic rings. The summed E-state index contributed by atoms with van der Waals surface area (Å²) in [5.74, 6) is -0.0614. The van der Waals surface area contributed by atoms with Gasteiger partial charge in [-0.1, -0.05) is 76.8 Å². The number of rotatable bonds is 17. The number of carbonyl (C=O) groups is 2. The van der Waals surface area contributed by atoms with Crippen LogP contribution in [0.15, 0.2) is 40.9 Å². The van der Waals surface area contributed by atoms with E-state index in [1.807, 2.05) is 0 Å². The molecule has 0 aliphatic rings. The van der Waals surface area contributed by atoms with E-state index in [-0.39, 0.29) is 30.4 Å². The van der Waals surface area contributed by atoms with Crippen LogP contribution in [-0.2, 0) is 6.18 Å². The van der Waals surface area contributed by atoms with Crippen molar-refractivity contribution < 1.29 is 27.5 Å². The van der Waals surface area contributed by atoms with Crippen LogP contribution in [-0.4, -0.2) is 31.6 Å². The number of amides is 3. The lowest BCUT2D eigenvalue weighted by Gasteiger charge is -2.17. The van der Waals surface area contributed by atoms with Crippen LogP contribution in [0.25, 0.3) is 11.1 Å².